The van der Waals surface area contributed by atoms with Crippen LogP contribution in [0.25, 0.3) is 11.1 Å². The summed E-state index contributed by atoms with van der Waals surface area (Å²) in [6.07, 6.45) is 7.27. The van der Waals surface area contributed by atoms with E-state index in [9.17, 15) is 0 Å². The summed E-state index contributed by atoms with van der Waals surface area (Å²) in [5.74, 6) is 0. The molecule has 0 aromatic heterocycles. The molecule has 4 rings (SSSR count). The summed E-state index contributed by atoms with van der Waals surface area (Å²) in [5, 5.41) is 0. The molecule has 0 N–H and O–H groups in total. The molecule has 4 heteroatoms. The van der Waals surface area contributed by atoms with Gasteiger partial charge in [-0.1, -0.05) is 0 Å². The Kier molecular flexibility index (Phi) is 8.11. The molecule has 0 heterocycles. The zero-order valence-electron chi connectivity index (χ0n) is 18.4. The van der Waals surface area contributed by atoms with Crippen molar-refractivity contribution in [3.63, 3.8) is 0 Å². The van der Waals surface area contributed by atoms with Gasteiger partial charge < -0.3 is 0 Å². The fourth-order valence-electron chi connectivity index (χ4n) is 5.15. The zero-order chi connectivity index (χ0) is 20.0. The summed E-state index contributed by atoms with van der Waals surface area (Å²) in [5.41, 5.74) is 8.92. The second kappa shape index (κ2) is 9.49. The van der Waals surface area contributed by atoms with E-state index in [0.29, 0.717) is 0 Å². The Bertz CT molecular complexity index is 1040. The molecule has 0 unspecified atom stereocenters. The van der Waals surface area contributed by atoms with E-state index in [1.54, 1.807) is 11.1 Å². The van der Waals surface area contributed by atoms with Crippen LogP contribution in [0, 0.1) is 0 Å². The molecule has 0 spiro atoms. The van der Waals surface area contributed by atoms with Crippen molar-refractivity contribution >= 4 is 48.2 Å². The summed E-state index contributed by atoms with van der Waals surface area (Å²) in [4.78, 5) is 0. The maximum atomic E-state index is 2.71. The van der Waals surface area contributed by atoms with Gasteiger partial charge in [0.2, 0.25) is 0 Å². The number of hydrogen-bond donors (Lipinski definition) is 0. The topological polar surface area (TPSA) is 0 Å². The van der Waals surface area contributed by atoms with Crippen LogP contribution in [0.1, 0.15) is 37.8 Å². The van der Waals surface area contributed by atoms with Gasteiger partial charge in [0.15, 0.2) is 0 Å². The van der Waals surface area contributed by atoms with Gasteiger partial charge in [-0.25, -0.2) is 0 Å². The van der Waals surface area contributed by atoms with Gasteiger partial charge in [0, 0.05) is 0 Å². The van der Waals surface area contributed by atoms with Gasteiger partial charge in [-0.15, -0.1) is 24.8 Å². The van der Waals surface area contributed by atoms with E-state index < -0.39 is 15.4 Å². The van der Waals surface area contributed by atoms with Gasteiger partial charge in [-0.05, 0) is 0 Å². The second-order valence-electron chi connectivity index (χ2n) is 9.43. The quantitative estimate of drug-likeness (QED) is 0.294. The SMILES string of the molecule is CC1=[C]([Hf]([CH3])([CH3])(=[GeH2])[C]2=C(C)C=C(c3ccccc3)C2)CC(c2ccccc2)=C1.Cl.Cl. The van der Waals surface area contributed by atoms with Crippen LogP contribution < -0.4 is 0 Å². The summed E-state index contributed by atoms with van der Waals surface area (Å²) >= 11 is -1.78. The van der Waals surface area contributed by atoms with Crippen LogP contribution >= 0.6 is 24.8 Å². The Morgan fingerprint density at radius 2 is 0.967 bits per heavy atom. The van der Waals surface area contributed by atoms with Crippen molar-refractivity contribution in [1.29, 1.82) is 0 Å². The van der Waals surface area contributed by atoms with E-state index in [2.05, 4.69) is 96.0 Å². The smallest absolute Gasteiger partial charge is 0.147 e. The standard InChI is InChI=1S/2C12H11.2CH3.2ClH.GeH2.Hf/c2*1-10-7-8-12(9-10)11-5-3-2-4-6-11;;;;;;/h2*2-6,9H,8H2,1H3;2*1H3;2*1H;1H2;. The van der Waals surface area contributed by atoms with E-state index in [1.165, 1.54) is 34.5 Å². The van der Waals surface area contributed by atoms with Gasteiger partial charge in [0.05, 0.1) is 0 Å². The Morgan fingerprint density at radius 3 is 1.30 bits per heavy atom. The minimum absolute atomic E-state index is 0. The number of halogens is 2. The third kappa shape index (κ3) is 4.75. The molecule has 0 saturated heterocycles. The first kappa shape index (κ1) is 25.7. The van der Waals surface area contributed by atoms with Crippen LogP contribution in [-0.2, 0) is 15.4 Å². The molecule has 0 fully saturated rings. The minimum Gasteiger partial charge on any atom is -0.147 e. The number of benzene rings is 2. The third-order valence-electron chi connectivity index (χ3n) is 6.69. The van der Waals surface area contributed by atoms with E-state index in [1.807, 2.05) is 6.66 Å². The van der Waals surface area contributed by atoms with Gasteiger partial charge >= 0.3 is 177 Å². The third-order valence-corrected chi connectivity index (χ3v) is 39.4. The van der Waals surface area contributed by atoms with Crippen molar-refractivity contribution < 1.29 is 15.4 Å². The zero-order valence-corrected chi connectivity index (χ0v) is 26.6. The van der Waals surface area contributed by atoms with Crippen molar-refractivity contribution in [3.8, 4) is 0 Å². The molecule has 0 aliphatic heterocycles. The van der Waals surface area contributed by atoms with Crippen molar-refractivity contribution in [1.82, 2.24) is 0 Å². The molecule has 0 saturated carbocycles. The van der Waals surface area contributed by atoms with E-state index in [-0.39, 0.29) is 24.8 Å². The largest absolute Gasteiger partial charge is 0.147 e. The molecule has 0 bridgehead atoms. The average Bonchev–Trinajstić information content (AvgIpc) is 3.27. The first-order chi connectivity index (χ1) is 13.2. The van der Waals surface area contributed by atoms with E-state index >= 15 is 0 Å². The molecular weight excluding hydrogens is 634 g/mol. The second-order valence-corrected chi connectivity index (χ2v) is 69.5. The number of allylic oxidation sites excluding steroid dienone is 8. The van der Waals surface area contributed by atoms with Crippen LogP contribution in [0.15, 0.2) is 90.6 Å². The Hall–Kier alpha value is -0.607. The first-order valence-corrected chi connectivity index (χ1v) is 35.7. The van der Waals surface area contributed by atoms with Crippen LogP contribution in [0.2, 0.25) is 9.36 Å². The number of hydrogen-bond acceptors (Lipinski definition) is 0. The predicted molar refractivity (Wildman–Crippen MR) is 138 cm³/mol. The predicted octanol–water partition coefficient (Wildman–Crippen LogP) is 7.69. The average molecular weight is 667 g/mol. The van der Waals surface area contributed by atoms with Gasteiger partial charge in [-0.3, -0.25) is 0 Å². The summed E-state index contributed by atoms with van der Waals surface area (Å²) in [6, 6.07) is 21.9. The molecule has 0 radical (unpaired) electrons. The fourth-order valence-corrected chi connectivity index (χ4v) is 35.4. The van der Waals surface area contributed by atoms with E-state index in [4.69, 9.17) is 0 Å². The maximum Gasteiger partial charge on any atom is -0.147 e. The summed E-state index contributed by atoms with van der Waals surface area (Å²) in [6.45, 7) is 4.72. The maximum absolute atomic E-state index is 3.23. The monoisotopic (exact) mass is 668 g/mol. The fraction of sp³-hybridized carbons (Fsp3) is 0.231. The Morgan fingerprint density at radius 1 is 0.633 bits per heavy atom. The van der Waals surface area contributed by atoms with Crippen LogP contribution in [-0.4, -0.2) is 12.2 Å². The van der Waals surface area contributed by atoms with Crippen LogP contribution in [0.3, 0.4) is 0 Å². The molecule has 2 aromatic rings. The molecule has 0 nitrogen and oxygen atoms in total. The van der Waals surface area contributed by atoms with Crippen molar-refractivity contribution in [3.05, 3.63) is 102 Å². The summed E-state index contributed by atoms with van der Waals surface area (Å²) in [7, 11) is 0. The minimum atomic E-state index is -3.23. The molecular formula is C26H32Cl2GeHf. The normalized spacial score (nSPS) is 16.7. The van der Waals surface area contributed by atoms with Crippen molar-refractivity contribution in [2.24, 2.45) is 0 Å². The van der Waals surface area contributed by atoms with Crippen LogP contribution in [0.4, 0.5) is 0 Å². The summed E-state index contributed by atoms with van der Waals surface area (Å²) < 4.78 is 9.07. The Labute approximate surface area is 199 Å². The van der Waals surface area contributed by atoms with E-state index in [0.717, 1.165) is 12.8 Å². The molecule has 158 valence electrons. The van der Waals surface area contributed by atoms with Crippen molar-refractivity contribution in [2.45, 2.75) is 36.0 Å². The first-order valence-electron chi connectivity index (χ1n) is 10.2. The van der Waals surface area contributed by atoms with Gasteiger partial charge in [0.25, 0.3) is 0 Å². The van der Waals surface area contributed by atoms with Gasteiger partial charge in [0.1, 0.15) is 0 Å². The molecule has 0 amide bonds. The molecule has 0 atom stereocenters. The van der Waals surface area contributed by atoms with Crippen LogP contribution in [0.5, 0.6) is 0 Å². The Balaban J connectivity index is 0.00000160. The molecule has 30 heavy (non-hydrogen) atoms. The molecule has 2 aliphatic rings. The number of rotatable bonds is 4. The molecule has 2 aromatic carbocycles. The molecule has 2 aliphatic carbocycles. The van der Waals surface area contributed by atoms with Crippen molar-refractivity contribution in [2.75, 3.05) is 0 Å². The van der Waals surface area contributed by atoms with Gasteiger partial charge in [-0.2, -0.15) is 0 Å².